The van der Waals surface area contributed by atoms with Gasteiger partial charge in [-0.05, 0) is 50.4 Å². The zero-order valence-electron chi connectivity index (χ0n) is 15.8. The van der Waals surface area contributed by atoms with Gasteiger partial charge in [-0.2, -0.15) is 5.26 Å². The second-order valence-electron chi connectivity index (χ2n) is 8.41. The molecule has 1 unspecified atom stereocenters. The van der Waals surface area contributed by atoms with Gasteiger partial charge in [0, 0.05) is 26.1 Å². The first-order chi connectivity index (χ1) is 13.1. The van der Waals surface area contributed by atoms with Crippen molar-refractivity contribution < 1.29 is 28.3 Å². The van der Waals surface area contributed by atoms with Crippen LogP contribution in [0.2, 0.25) is 0 Å². The first-order valence-electron chi connectivity index (χ1n) is 9.56. The fraction of sp³-hybridized carbons (Fsp3) is 0.833. The van der Waals surface area contributed by atoms with Gasteiger partial charge in [0.05, 0.1) is 6.07 Å². The van der Waals surface area contributed by atoms with E-state index in [1.807, 2.05) is 6.07 Å². The monoisotopic (exact) mass is 400 g/mol. The van der Waals surface area contributed by atoms with Crippen molar-refractivity contribution in [1.82, 2.24) is 15.7 Å². The van der Waals surface area contributed by atoms with E-state index < -0.39 is 35.9 Å². The smallest absolute Gasteiger partial charge is 0.396 e. The van der Waals surface area contributed by atoms with Gasteiger partial charge < -0.3 is 20.6 Å². The molecule has 10 heteroatoms. The molecule has 3 fully saturated rings. The number of piperidine rings is 1. The van der Waals surface area contributed by atoms with Gasteiger partial charge in [-0.25, -0.2) is 13.6 Å². The molecule has 3 rings (SSSR count). The van der Waals surface area contributed by atoms with Crippen molar-refractivity contribution in [2.24, 2.45) is 11.3 Å². The summed E-state index contributed by atoms with van der Waals surface area (Å²) in [6.45, 7) is 1.80. The first kappa shape index (κ1) is 20.7. The number of carbonyl (C=O) groups excluding carboxylic acids is 2. The second kappa shape index (κ2) is 7.44. The van der Waals surface area contributed by atoms with Crippen LogP contribution < -0.4 is 10.6 Å². The summed E-state index contributed by atoms with van der Waals surface area (Å²) in [5, 5.41) is 24.4. The molecular formula is C18H26F2N4O4. The van der Waals surface area contributed by atoms with Crippen LogP contribution in [0.1, 0.15) is 45.4 Å². The maximum atomic E-state index is 13.5. The lowest BCUT2D eigenvalue weighted by Gasteiger charge is -2.31. The minimum absolute atomic E-state index is 0.133. The summed E-state index contributed by atoms with van der Waals surface area (Å²) in [4.78, 5) is 29.7. The zero-order chi connectivity index (χ0) is 20.6. The van der Waals surface area contributed by atoms with E-state index in [0.717, 1.165) is 19.3 Å². The number of halogens is 2. The molecule has 0 radical (unpaired) electrons. The number of rotatable bonds is 7. The summed E-state index contributed by atoms with van der Waals surface area (Å²) >= 11 is 0. The lowest BCUT2D eigenvalue weighted by atomic mass is 9.92. The average molecular weight is 400 g/mol. The summed E-state index contributed by atoms with van der Waals surface area (Å²) in [5.74, 6) is -3.70. The van der Waals surface area contributed by atoms with Crippen molar-refractivity contribution in [2.75, 3.05) is 19.7 Å². The van der Waals surface area contributed by atoms with E-state index >= 15 is 0 Å². The fourth-order valence-electron chi connectivity index (χ4n) is 3.89. The Hall–Kier alpha value is -1.99. The molecule has 3 N–H and O–H groups in total. The molecule has 1 aliphatic heterocycles. The number of nitrogens with zero attached hydrogens (tertiary/aromatic N) is 2. The van der Waals surface area contributed by atoms with Gasteiger partial charge in [0.1, 0.15) is 11.6 Å². The van der Waals surface area contributed by atoms with Crippen LogP contribution in [0.3, 0.4) is 0 Å². The van der Waals surface area contributed by atoms with Crippen LogP contribution in [0.15, 0.2) is 0 Å². The Kier molecular flexibility index (Phi) is 5.51. The number of hydrogen-bond acceptors (Lipinski definition) is 6. The molecule has 2 atom stereocenters. The van der Waals surface area contributed by atoms with E-state index in [9.17, 15) is 23.5 Å². The normalized spacial score (nSPS) is 26.0. The SMILES string of the molecule is CC(F)(F)C[C@H](NC(=O)ON1CCC2(CC1)CC2CO)C(=O)NC1(C#N)CC1. The van der Waals surface area contributed by atoms with Gasteiger partial charge in [-0.3, -0.25) is 4.79 Å². The summed E-state index contributed by atoms with van der Waals surface area (Å²) in [5.41, 5.74) is -0.883. The van der Waals surface area contributed by atoms with Crippen LogP contribution in [0.5, 0.6) is 0 Å². The van der Waals surface area contributed by atoms with E-state index in [-0.39, 0.29) is 12.0 Å². The number of hydroxylamine groups is 2. The van der Waals surface area contributed by atoms with Crippen molar-refractivity contribution in [2.45, 2.75) is 63.0 Å². The third-order valence-corrected chi connectivity index (χ3v) is 6.01. The third kappa shape index (κ3) is 4.89. The summed E-state index contributed by atoms with van der Waals surface area (Å²) in [7, 11) is 0. The van der Waals surface area contributed by atoms with Crippen LogP contribution in [-0.4, -0.2) is 59.4 Å². The molecule has 2 amide bonds. The van der Waals surface area contributed by atoms with E-state index in [0.29, 0.717) is 38.8 Å². The molecule has 2 saturated carbocycles. The van der Waals surface area contributed by atoms with Crippen molar-refractivity contribution in [3.05, 3.63) is 0 Å². The first-order valence-corrected chi connectivity index (χ1v) is 9.56. The topological polar surface area (TPSA) is 115 Å². The van der Waals surface area contributed by atoms with Crippen LogP contribution in [0, 0.1) is 22.7 Å². The van der Waals surface area contributed by atoms with Gasteiger partial charge in [-0.1, -0.05) is 0 Å². The molecule has 8 nitrogen and oxygen atoms in total. The van der Waals surface area contributed by atoms with Crippen LogP contribution in [-0.2, 0) is 9.63 Å². The number of nitriles is 1. The highest BCUT2D eigenvalue weighted by Crippen LogP contribution is 2.58. The van der Waals surface area contributed by atoms with Crippen molar-refractivity contribution in [3.63, 3.8) is 0 Å². The highest BCUT2D eigenvalue weighted by molar-refractivity contribution is 5.86. The number of amides is 2. The quantitative estimate of drug-likeness (QED) is 0.594. The van der Waals surface area contributed by atoms with Gasteiger partial charge in [0.2, 0.25) is 11.8 Å². The number of aliphatic hydroxyl groups is 1. The van der Waals surface area contributed by atoms with Gasteiger partial charge in [0.15, 0.2) is 0 Å². The number of aliphatic hydroxyl groups excluding tert-OH is 1. The number of alkyl halides is 2. The Morgan fingerprint density at radius 2 is 2.00 bits per heavy atom. The Morgan fingerprint density at radius 1 is 1.36 bits per heavy atom. The maximum absolute atomic E-state index is 13.5. The minimum Gasteiger partial charge on any atom is -0.396 e. The average Bonchev–Trinajstić information content (AvgIpc) is 3.52. The number of nitrogens with one attached hydrogen (secondary N) is 2. The summed E-state index contributed by atoms with van der Waals surface area (Å²) < 4.78 is 26.9. The number of carbonyl (C=O) groups is 2. The molecule has 0 bridgehead atoms. The maximum Gasteiger partial charge on any atom is 0.426 e. The molecule has 3 aliphatic rings. The Morgan fingerprint density at radius 3 is 2.46 bits per heavy atom. The molecule has 28 heavy (non-hydrogen) atoms. The van der Waals surface area contributed by atoms with E-state index in [4.69, 9.17) is 10.1 Å². The highest BCUT2D eigenvalue weighted by atomic mass is 19.3. The Labute approximate surface area is 162 Å². The molecule has 1 heterocycles. The van der Waals surface area contributed by atoms with Gasteiger partial charge in [0.25, 0.3) is 0 Å². The number of hydrogen-bond donors (Lipinski definition) is 3. The molecule has 1 saturated heterocycles. The zero-order valence-corrected chi connectivity index (χ0v) is 15.8. The molecule has 0 aromatic carbocycles. The summed E-state index contributed by atoms with van der Waals surface area (Å²) in [6.07, 6.45) is 1.59. The van der Waals surface area contributed by atoms with Gasteiger partial charge >= 0.3 is 6.09 Å². The van der Waals surface area contributed by atoms with Crippen molar-refractivity contribution in [3.8, 4) is 6.07 Å². The fourth-order valence-corrected chi connectivity index (χ4v) is 3.89. The van der Waals surface area contributed by atoms with Crippen LogP contribution in [0.4, 0.5) is 13.6 Å². The van der Waals surface area contributed by atoms with Gasteiger partial charge in [-0.15, -0.1) is 5.06 Å². The largest absolute Gasteiger partial charge is 0.426 e. The molecule has 0 aromatic heterocycles. The molecular weight excluding hydrogens is 374 g/mol. The van der Waals surface area contributed by atoms with Crippen molar-refractivity contribution in [1.29, 1.82) is 5.26 Å². The predicted molar refractivity (Wildman–Crippen MR) is 92.8 cm³/mol. The molecule has 0 aromatic rings. The van der Waals surface area contributed by atoms with E-state index in [1.165, 1.54) is 5.06 Å². The van der Waals surface area contributed by atoms with Crippen molar-refractivity contribution >= 4 is 12.0 Å². The lowest BCUT2D eigenvalue weighted by Crippen LogP contribution is -2.53. The standard InChI is InChI=1S/C18H26F2N4O4/c1-16(19,20)9-13(14(26)23-18(11-21)2-3-18)22-15(27)28-24-6-4-17(5-7-24)8-12(17)10-25/h12-13,25H,2-10H2,1H3,(H,22,27)(H,23,26)/t12?,13-/m0/s1. The van der Waals surface area contributed by atoms with E-state index in [1.54, 1.807) is 0 Å². The minimum atomic E-state index is -3.18. The van der Waals surface area contributed by atoms with Crippen LogP contribution >= 0.6 is 0 Å². The third-order valence-electron chi connectivity index (χ3n) is 6.01. The predicted octanol–water partition coefficient (Wildman–Crippen LogP) is 1.31. The van der Waals surface area contributed by atoms with E-state index in [2.05, 4.69) is 10.6 Å². The second-order valence-corrected chi connectivity index (χ2v) is 8.41. The Bertz CT molecular complexity index is 663. The highest BCUT2D eigenvalue weighted by Gasteiger charge is 2.54. The molecule has 156 valence electrons. The lowest BCUT2D eigenvalue weighted by molar-refractivity contribution is -0.132. The molecule has 2 aliphatic carbocycles. The summed E-state index contributed by atoms with van der Waals surface area (Å²) in [6, 6.07) is 0.449. The Balaban J connectivity index is 1.51. The van der Waals surface area contributed by atoms with Crippen LogP contribution in [0.25, 0.3) is 0 Å². The molecule has 1 spiro atoms.